The van der Waals surface area contributed by atoms with E-state index in [9.17, 15) is 8.42 Å². The van der Waals surface area contributed by atoms with Gasteiger partial charge in [-0.1, -0.05) is 12.8 Å². The summed E-state index contributed by atoms with van der Waals surface area (Å²) in [5.74, 6) is 0.766. The monoisotopic (exact) mass is 260 g/mol. The molecule has 2 rings (SSSR count). The van der Waals surface area contributed by atoms with Gasteiger partial charge >= 0.3 is 0 Å². The van der Waals surface area contributed by atoms with Crippen molar-refractivity contribution in [2.45, 2.75) is 51.6 Å². The van der Waals surface area contributed by atoms with E-state index in [0.29, 0.717) is 18.2 Å². The maximum Gasteiger partial charge on any atom is 0.214 e. The number of sulfonamides is 1. The molecule has 5 heteroatoms. The van der Waals surface area contributed by atoms with Crippen molar-refractivity contribution >= 4 is 10.0 Å². The van der Waals surface area contributed by atoms with Gasteiger partial charge in [0, 0.05) is 25.2 Å². The van der Waals surface area contributed by atoms with E-state index in [1.807, 2.05) is 13.8 Å². The Kier molecular flexibility index (Phi) is 4.10. The lowest BCUT2D eigenvalue weighted by molar-refractivity contribution is 0.243. The average Bonchev–Trinajstić information content (AvgIpc) is 2.73. The van der Waals surface area contributed by atoms with E-state index >= 15 is 0 Å². The molecule has 0 aromatic rings. The molecule has 1 aliphatic carbocycles. The largest absolute Gasteiger partial charge is 0.311 e. The lowest BCUT2D eigenvalue weighted by Gasteiger charge is -2.37. The van der Waals surface area contributed by atoms with Crippen LogP contribution in [0.15, 0.2) is 0 Å². The van der Waals surface area contributed by atoms with Gasteiger partial charge in [0.1, 0.15) is 0 Å². The van der Waals surface area contributed by atoms with Crippen molar-refractivity contribution in [3.05, 3.63) is 0 Å². The third-order valence-electron chi connectivity index (χ3n) is 3.99. The van der Waals surface area contributed by atoms with Gasteiger partial charge in [-0.2, -0.15) is 4.31 Å². The lowest BCUT2D eigenvalue weighted by atomic mass is 10.1. The number of hydrogen-bond acceptors (Lipinski definition) is 3. The van der Waals surface area contributed by atoms with Crippen molar-refractivity contribution in [2.75, 3.05) is 18.8 Å². The molecule has 0 radical (unpaired) electrons. The van der Waals surface area contributed by atoms with Crippen molar-refractivity contribution in [1.82, 2.24) is 9.62 Å². The van der Waals surface area contributed by atoms with E-state index in [4.69, 9.17) is 0 Å². The highest BCUT2D eigenvalue weighted by atomic mass is 32.2. The molecule has 0 amide bonds. The van der Waals surface area contributed by atoms with E-state index in [0.717, 1.165) is 19.4 Å². The molecule has 100 valence electrons. The fourth-order valence-electron chi connectivity index (χ4n) is 2.95. The topological polar surface area (TPSA) is 49.4 Å². The van der Waals surface area contributed by atoms with Crippen LogP contribution in [0.3, 0.4) is 0 Å². The van der Waals surface area contributed by atoms with Crippen LogP contribution < -0.4 is 5.32 Å². The van der Waals surface area contributed by atoms with Gasteiger partial charge in [0.15, 0.2) is 0 Å². The molecule has 17 heavy (non-hydrogen) atoms. The maximum absolute atomic E-state index is 12.4. The zero-order valence-electron chi connectivity index (χ0n) is 10.9. The highest BCUT2D eigenvalue weighted by Crippen LogP contribution is 2.27. The predicted octanol–water partition coefficient (Wildman–Crippen LogP) is 1.19. The summed E-state index contributed by atoms with van der Waals surface area (Å²) in [6.45, 7) is 5.43. The van der Waals surface area contributed by atoms with Crippen molar-refractivity contribution in [2.24, 2.45) is 5.92 Å². The molecule has 0 bridgehead atoms. The van der Waals surface area contributed by atoms with E-state index in [1.54, 1.807) is 4.31 Å². The normalized spacial score (nSPS) is 33.1. The summed E-state index contributed by atoms with van der Waals surface area (Å²) < 4.78 is 26.5. The summed E-state index contributed by atoms with van der Waals surface area (Å²) in [5, 5.41) is 3.32. The highest BCUT2D eigenvalue weighted by Gasteiger charge is 2.34. The van der Waals surface area contributed by atoms with E-state index in [2.05, 4.69) is 5.32 Å². The summed E-state index contributed by atoms with van der Waals surface area (Å²) in [6.07, 6.45) is 4.59. The Labute approximate surface area is 105 Å². The molecule has 1 aliphatic heterocycles. The summed E-state index contributed by atoms with van der Waals surface area (Å²) in [7, 11) is -3.06. The second-order valence-electron chi connectivity index (χ2n) is 5.66. The zero-order chi connectivity index (χ0) is 12.5. The molecule has 1 saturated carbocycles. The van der Waals surface area contributed by atoms with Crippen LogP contribution in [-0.4, -0.2) is 43.6 Å². The van der Waals surface area contributed by atoms with E-state index in [-0.39, 0.29) is 12.1 Å². The quantitative estimate of drug-likeness (QED) is 0.829. The van der Waals surface area contributed by atoms with Crippen molar-refractivity contribution < 1.29 is 8.42 Å². The number of nitrogens with zero attached hydrogens (tertiary/aromatic N) is 1. The summed E-state index contributed by atoms with van der Waals surface area (Å²) >= 11 is 0. The van der Waals surface area contributed by atoms with Crippen molar-refractivity contribution in [1.29, 1.82) is 0 Å². The van der Waals surface area contributed by atoms with Crippen LogP contribution in [0, 0.1) is 5.92 Å². The first-order valence-electron chi connectivity index (χ1n) is 6.72. The zero-order valence-corrected chi connectivity index (χ0v) is 11.7. The van der Waals surface area contributed by atoms with Gasteiger partial charge in [0.2, 0.25) is 10.0 Å². The highest BCUT2D eigenvalue weighted by molar-refractivity contribution is 7.89. The SMILES string of the molecule is CC1CN(S(=O)(=O)CC2CCCC2)C(C)CN1. The van der Waals surface area contributed by atoms with E-state index < -0.39 is 10.0 Å². The van der Waals surface area contributed by atoms with Crippen molar-refractivity contribution in [3.63, 3.8) is 0 Å². The second-order valence-corrected chi connectivity index (χ2v) is 7.62. The fraction of sp³-hybridized carbons (Fsp3) is 1.00. The number of piperazine rings is 1. The van der Waals surface area contributed by atoms with Gasteiger partial charge < -0.3 is 5.32 Å². The Morgan fingerprint density at radius 3 is 2.53 bits per heavy atom. The standard InChI is InChI=1S/C12H24N2O2S/c1-10-8-14(11(2)7-13-10)17(15,16)9-12-5-3-4-6-12/h10-13H,3-9H2,1-2H3. The average molecular weight is 260 g/mol. The molecule has 2 unspecified atom stereocenters. The minimum atomic E-state index is -3.06. The molecular formula is C12H24N2O2S. The van der Waals surface area contributed by atoms with Crippen LogP contribution in [0.2, 0.25) is 0 Å². The van der Waals surface area contributed by atoms with Crippen molar-refractivity contribution in [3.8, 4) is 0 Å². The van der Waals surface area contributed by atoms with Gasteiger partial charge in [-0.05, 0) is 32.6 Å². The molecule has 1 heterocycles. The molecule has 2 atom stereocenters. The predicted molar refractivity (Wildman–Crippen MR) is 69.4 cm³/mol. The van der Waals surface area contributed by atoms with Crippen LogP contribution in [0.1, 0.15) is 39.5 Å². The van der Waals surface area contributed by atoms with Crippen LogP contribution in [0.25, 0.3) is 0 Å². The Morgan fingerprint density at radius 2 is 1.88 bits per heavy atom. The molecule has 2 aliphatic rings. The number of nitrogens with one attached hydrogen (secondary N) is 1. The third-order valence-corrected chi connectivity index (χ3v) is 6.10. The first-order chi connectivity index (χ1) is 7.99. The van der Waals surface area contributed by atoms with Crippen LogP contribution in [0.5, 0.6) is 0 Å². The Morgan fingerprint density at radius 1 is 1.24 bits per heavy atom. The van der Waals surface area contributed by atoms with Gasteiger partial charge in [-0.15, -0.1) is 0 Å². The Balaban J connectivity index is 2.02. The number of rotatable bonds is 3. The molecule has 2 fully saturated rings. The van der Waals surface area contributed by atoms with Gasteiger partial charge in [0.05, 0.1) is 5.75 Å². The van der Waals surface area contributed by atoms with Gasteiger partial charge in [0.25, 0.3) is 0 Å². The Hall–Kier alpha value is -0.130. The minimum Gasteiger partial charge on any atom is -0.311 e. The Bertz CT molecular complexity index is 350. The van der Waals surface area contributed by atoms with Gasteiger partial charge in [-0.25, -0.2) is 8.42 Å². The summed E-state index contributed by atoms with van der Waals surface area (Å²) in [6, 6.07) is 0.363. The first-order valence-corrected chi connectivity index (χ1v) is 8.33. The van der Waals surface area contributed by atoms with Crippen LogP contribution in [-0.2, 0) is 10.0 Å². The first kappa shape index (κ1) is 13.3. The minimum absolute atomic E-state index is 0.0950. The molecular weight excluding hydrogens is 236 g/mol. The van der Waals surface area contributed by atoms with Gasteiger partial charge in [-0.3, -0.25) is 0 Å². The van der Waals surface area contributed by atoms with Crippen LogP contribution >= 0.6 is 0 Å². The maximum atomic E-state index is 12.4. The molecule has 0 aromatic carbocycles. The summed E-state index contributed by atoms with van der Waals surface area (Å²) in [5.41, 5.74) is 0. The molecule has 1 saturated heterocycles. The third kappa shape index (κ3) is 3.20. The fourth-order valence-corrected chi connectivity index (χ4v) is 5.14. The lowest BCUT2D eigenvalue weighted by Crippen LogP contribution is -2.56. The summed E-state index contributed by atoms with van der Waals surface area (Å²) in [4.78, 5) is 0. The molecule has 4 nitrogen and oxygen atoms in total. The second kappa shape index (κ2) is 5.24. The molecule has 0 spiro atoms. The smallest absolute Gasteiger partial charge is 0.214 e. The molecule has 0 aromatic heterocycles. The van der Waals surface area contributed by atoms with E-state index in [1.165, 1.54) is 12.8 Å². The van der Waals surface area contributed by atoms with Crippen LogP contribution in [0.4, 0.5) is 0 Å². The number of hydrogen-bond donors (Lipinski definition) is 1. The molecule has 1 N–H and O–H groups in total.